The molecule has 0 radical (unpaired) electrons. The van der Waals surface area contributed by atoms with Gasteiger partial charge in [0.2, 0.25) is 0 Å². The Labute approximate surface area is 137 Å². The maximum absolute atomic E-state index is 12.1. The first-order valence-electron chi connectivity index (χ1n) is 6.97. The number of phenols is 1. The van der Waals surface area contributed by atoms with Crippen molar-refractivity contribution in [3.05, 3.63) is 76.6 Å². The minimum atomic E-state index is -0.621. The predicted molar refractivity (Wildman–Crippen MR) is 89.7 cm³/mol. The molecule has 1 heterocycles. The summed E-state index contributed by atoms with van der Waals surface area (Å²) in [4.78, 5) is 12.3. The summed E-state index contributed by atoms with van der Waals surface area (Å²) in [5, 5.41) is 20.0. The maximum atomic E-state index is 12.1. The molecule has 0 unspecified atom stereocenters. The summed E-state index contributed by atoms with van der Waals surface area (Å²) >= 11 is 1.22. The number of benzene rings is 2. The molecule has 3 aromatic rings. The lowest BCUT2D eigenvalue weighted by molar-refractivity contribution is 0.428. The summed E-state index contributed by atoms with van der Waals surface area (Å²) in [6.45, 7) is 0. The molecule has 116 valence electrons. The second-order valence-electron chi connectivity index (χ2n) is 4.90. The number of phenolic OH excluding ortho intramolecular Hbond substituents is 1. The molecule has 3 rings (SSSR count). The molecule has 5 heteroatoms. The van der Waals surface area contributed by atoms with Gasteiger partial charge in [-0.05, 0) is 17.7 Å². The van der Waals surface area contributed by atoms with Gasteiger partial charge in [0.05, 0.1) is 5.56 Å². The summed E-state index contributed by atoms with van der Waals surface area (Å²) in [5.41, 5.74) is 0.782. The van der Waals surface area contributed by atoms with E-state index in [2.05, 4.69) is 0 Å². The third-order valence-electron chi connectivity index (χ3n) is 3.28. The minimum Gasteiger partial charge on any atom is -0.507 e. The van der Waals surface area contributed by atoms with Crippen LogP contribution in [0.25, 0.3) is 11.3 Å². The van der Waals surface area contributed by atoms with Crippen molar-refractivity contribution in [3.8, 4) is 22.8 Å². The summed E-state index contributed by atoms with van der Waals surface area (Å²) in [6.07, 6.45) is 0. The highest BCUT2D eigenvalue weighted by atomic mass is 32.2. The lowest BCUT2D eigenvalue weighted by atomic mass is 10.1. The lowest BCUT2D eigenvalue weighted by Gasteiger charge is -2.07. The van der Waals surface area contributed by atoms with E-state index in [0.717, 1.165) is 5.56 Å². The van der Waals surface area contributed by atoms with Crippen LogP contribution in [0, 0.1) is 0 Å². The lowest BCUT2D eigenvalue weighted by Crippen LogP contribution is -2.03. The van der Waals surface area contributed by atoms with E-state index in [1.165, 1.54) is 23.9 Å². The molecule has 0 spiro atoms. The van der Waals surface area contributed by atoms with Gasteiger partial charge in [-0.25, -0.2) is 4.79 Å². The van der Waals surface area contributed by atoms with Gasteiger partial charge in [0.1, 0.15) is 22.2 Å². The van der Waals surface area contributed by atoms with Crippen LogP contribution in [-0.4, -0.2) is 10.2 Å². The van der Waals surface area contributed by atoms with Crippen LogP contribution < -0.4 is 5.63 Å². The van der Waals surface area contributed by atoms with Gasteiger partial charge >= 0.3 is 5.63 Å². The van der Waals surface area contributed by atoms with E-state index in [0.29, 0.717) is 11.3 Å². The summed E-state index contributed by atoms with van der Waals surface area (Å²) in [5.74, 6) is 0.518. The molecular weight excluding hydrogens is 312 g/mol. The smallest absolute Gasteiger partial charge is 0.353 e. The minimum absolute atomic E-state index is 0.0141. The zero-order chi connectivity index (χ0) is 16.2. The highest BCUT2D eigenvalue weighted by Crippen LogP contribution is 2.34. The van der Waals surface area contributed by atoms with Crippen LogP contribution in [0.3, 0.4) is 0 Å². The molecule has 4 nitrogen and oxygen atoms in total. The molecular formula is C18H14O4S. The van der Waals surface area contributed by atoms with Crippen molar-refractivity contribution in [1.82, 2.24) is 0 Å². The Bertz CT molecular complexity index is 872. The zero-order valence-corrected chi connectivity index (χ0v) is 12.9. The number of para-hydroxylation sites is 1. The molecule has 0 amide bonds. The number of thioether (sulfide) groups is 1. The van der Waals surface area contributed by atoms with E-state index in [1.54, 1.807) is 18.2 Å². The molecule has 23 heavy (non-hydrogen) atoms. The predicted octanol–water partition coefficient (Wildman–Crippen LogP) is 4.01. The third-order valence-corrected chi connectivity index (χ3v) is 4.43. The van der Waals surface area contributed by atoms with E-state index in [-0.39, 0.29) is 22.2 Å². The van der Waals surface area contributed by atoms with E-state index >= 15 is 0 Å². The van der Waals surface area contributed by atoms with Crippen molar-refractivity contribution < 1.29 is 14.6 Å². The summed E-state index contributed by atoms with van der Waals surface area (Å²) in [7, 11) is 0. The normalized spacial score (nSPS) is 10.6. The SMILES string of the molecule is O=c1oc(-c2ccccc2O)cc(O)c1SCc1ccccc1. The molecule has 0 aliphatic carbocycles. The second-order valence-corrected chi connectivity index (χ2v) is 5.89. The van der Waals surface area contributed by atoms with Crippen molar-refractivity contribution in [2.24, 2.45) is 0 Å². The fourth-order valence-electron chi connectivity index (χ4n) is 2.15. The van der Waals surface area contributed by atoms with Crippen molar-refractivity contribution in [3.63, 3.8) is 0 Å². The molecule has 2 aromatic carbocycles. The molecule has 2 N–H and O–H groups in total. The zero-order valence-electron chi connectivity index (χ0n) is 12.1. The second kappa shape index (κ2) is 6.62. The van der Waals surface area contributed by atoms with Gasteiger partial charge in [0, 0.05) is 11.8 Å². The van der Waals surface area contributed by atoms with Gasteiger partial charge in [-0.2, -0.15) is 0 Å². The molecule has 0 atom stereocenters. The van der Waals surface area contributed by atoms with E-state index in [1.807, 2.05) is 30.3 Å². The van der Waals surface area contributed by atoms with Crippen LogP contribution in [0.4, 0.5) is 0 Å². The number of rotatable bonds is 4. The highest BCUT2D eigenvalue weighted by molar-refractivity contribution is 7.98. The Balaban J connectivity index is 1.89. The molecule has 0 bridgehead atoms. The summed E-state index contributed by atoms with van der Waals surface area (Å²) < 4.78 is 5.25. The first kappa shape index (κ1) is 15.2. The Kier molecular flexibility index (Phi) is 4.39. The average molecular weight is 326 g/mol. The van der Waals surface area contributed by atoms with E-state index in [4.69, 9.17) is 4.42 Å². The topological polar surface area (TPSA) is 70.7 Å². The molecule has 0 fully saturated rings. The van der Waals surface area contributed by atoms with Gasteiger partial charge in [-0.3, -0.25) is 0 Å². The van der Waals surface area contributed by atoms with Crippen molar-refractivity contribution in [2.75, 3.05) is 0 Å². The van der Waals surface area contributed by atoms with Crippen LogP contribution in [-0.2, 0) is 5.75 Å². The van der Waals surface area contributed by atoms with Gasteiger partial charge < -0.3 is 14.6 Å². The first-order chi connectivity index (χ1) is 11.1. The molecule has 0 saturated carbocycles. The van der Waals surface area contributed by atoms with Crippen LogP contribution in [0.5, 0.6) is 11.5 Å². The Hall–Kier alpha value is -2.66. The Morgan fingerprint density at radius 2 is 1.61 bits per heavy atom. The quantitative estimate of drug-likeness (QED) is 0.709. The van der Waals surface area contributed by atoms with Gasteiger partial charge in [0.25, 0.3) is 0 Å². The molecule has 0 saturated heterocycles. The monoisotopic (exact) mass is 326 g/mol. The van der Waals surface area contributed by atoms with Gasteiger partial charge in [-0.15, -0.1) is 11.8 Å². The Morgan fingerprint density at radius 3 is 2.30 bits per heavy atom. The van der Waals surface area contributed by atoms with Gasteiger partial charge in [-0.1, -0.05) is 42.5 Å². The van der Waals surface area contributed by atoms with Gasteiger partial charge in [0.15, 0.2) is 0 Å². The number of hydrogen-bond acceptors (Lipinski definition) is 5. The van der Waals surface area contributed by atoms with Crippen LogP contribution in [0.2, 0.25) is 0 Å². The summed E-state index contributed by atoms with van der Waals surface area (Å²) in [6, 6.07) is 17.5. The molecule has 1 aromatic heterocycles. The first-order valence-corrected chi connectivity index (χ1v) is 7.96. The van der Waals surface area contributed by atoms with Crippen molar-refractivity contribution >= 4 is 11.8 Å². The fraction of sp³-hybridized carbons (Fsp3) is 0.0556. The van der Waals surface area contributed by atoms with Crippen LogP contribution in [0.15, 0.2) is 74.8 Å². The number of hydrogen-bond donors (Lipinski definition) is 2. The van der Waals surface area contributed by atoms with E-state index < -0.39 is 5.63 Å². The number of aromatic hydroxyl groups is 2. The fourth-order valence-corrected chi connectivity index (χ4v) is 3.02. The largest absolute Gasteiger partial charge is 0.507 e. The van der Waals surface area contributed by atoms with Crippen molar-refractivity contribution in [1.29, 1.82) is 0 Å². The average Bonchev–Trinajstić information content (AvgIpc) is 2.55. The standard InChI is InChI=1S/C18H14O4S/c19-14-9-5-4-8-13(14)16-10-15(20)17(18(21)22-16)23-11-12-6-2-1-3-7-12/h1-10,19-20H,11H2. The highest BCUT2D eigenvalue weighted by Gasteiger charge is 2.15. The Morgan fingerprint density at radius 1 is 0.913 bits per heavy atom. The third kappa shape index (κ3) is 3.40. The maximum Gasteiger partial charge on any atom is 0.353 e. The van der Waals surface area contributed by atoms with E-state index in [9.17, 15) is 15.0 Å². The molecule has 0 aliphatic rings. The van der Waals surface area contributed by atoms with Crippen molar-refractivity contribution in [2.45, 2.75) is 10.6 Å². The van der Waals surface area contributed by atoms with Crippen LogP contribution in [0.1, 0.15) is 5.56 Å². The van der Waals surface area contributed by atoms with Crippen LogP contribution >= 0.6 is 11.8 Å². The molecule has 0 aliphatic heterocycles.